The summed E-state index contributed by atoms with van der Waals surface area (Å²) in [5.74, 6) is -1.37. The quantitative estimate of drug-likeness (QED) is 0.395. The van der Waals surface area contributed by atoms with Crippen molar-refractivity contribution in [3.8, 4) is 0 Å². The topological polar surface area (TPSA) is 72.6 Å². The van der Waals surface area contributed by atoms with Gasteiger partial charge in [0.2, 0.25) is 0 Å². The molecule has 0 unspecified atom stereocenters. The molecule has 0 spiro atoms. The fourth-order valence-corrected chi connectivity index (χ4v) is 1.00. The van der Waals surface area contributed by atoms with Crippen molar-refractivity contribution in [3.63, 3.8) is 0 Å². The average Bonchev–Trinajstić information content (AvgIpc) is 1.98. The van der Waals surface area contributed by atoms with Crippen LogP contribution >= 0.6 is 0 Å². The van der Waals surface area contributed by atoms with Crippen molar-refractivity contribution in [3.05, 3.63) is 0 Å². The smallest absolute Gasteiger partial charge is 0.397 e. The molecule has 0 aromatic rings. The molecule has 0 radical (unpaired) electrons. The highest BCUT2D eigenvalue weighted by Gasteiger charge is 2.32. The summed E-state index contributed by atoms with van der Waals surface area (Å²) < 4.78 is 4.52. The van der Waals surface area contributed by atoms with E-state index in [1.165, 1.54) is 4.90 Å². The Morgan fingerprint density at radius 3 is 2.58 bits per heavy atom. The van der Waals surface area contributed by atoms with Gasteiger partial charge in [0, 0.05) is 19.1 Å². The van der Waals surface area contributed by atoms with Crippen molar-refractivity contribution in [2.75, 3.05) is 19.7 Å². The predicted molar refractivity (Wildman–Crippen MR) is 41.2 cm³/mol. The van der Waals surface area contributed by atoms with E-state index in [9.17, 15) is 9.59 Å². The second-order valence-corrected chi connectivity index (χ2v) is 2.69. The van der Waals surface area contributed by atoms with Crippen LogP contribution in [0.1, 0.15) is 6.92 Å². The van der Waals surface area contributed by atoms with Crippen molar-refractivity contribution in [1.29, 1.82) is 0 Å². The number of esters is 1. The molecule has 1 amide bonds. The number of carbonyl (C=O) groups is 2. The average molecular weight is 172 g/mol. The molecule has 0 aliphatic carbocycles. The van der Waals surface area contributed by atoms with Gasteiger partial charge in [-0.2, -0.15) is 0 Å². The molecule has 0 bridgehead atoms. The van der Waals surface area contributed by atoms with Crippen LogP contribution in [-0.2, 0) is 14.3 Å². The summed E-state index contributed by atoms with van der Waals surface area (Å²) in [4.78, 5) is 23.3. The molecule has 0 atom stereocenters. The Morgan fingerprint density at radius 1 is 1.58 bits per heavy atom. The van der Waals surface area contributed by atoms with Gasteiger partial charge in [-0.25, -0.2) is 4.79 Å². The molecule has 1 saturated heterocycles. The van der Waals surface area contributed by atoms with Crippen LogP contribution in [0.4, 0.5) is 0 Å². The SMILES string of the molecule is CCOC(=O)C(=O)N1CC(N)C1. The van der Waals surface area contributed by atoms with Crippen LogP contribution in [0, 0.1) is 0 Å². The number of hydrogen-bond donors (Lipinski definition) is 1. The van der Waals surface area contributed by atoms with Gasteiger partial charge in [-0.05, 0) is 6.92 Å². The van der Waals surface area contributed by atoms with E-state index < -0.39 is 11.9 Å². The summed E-state index contributed by atoms with van der Waals surface area (Å²) in [6.45, 7) is 2.80. The van der Waals surface area contributed by atoms with Gasteiger partial charge in [0.25, 0.3) is 0 Å². The fourth-order valence-electron chi connectivity index (χ4n) is 1.00. The normalized spacial score (nSPS) is 17.0. The Balaban J connectivity index is 2.33. The lowest BCUT2D eigenvalue weighted by molar-refractivity contribution is -0.162. The van der Waals surface area contributed by atoms with Crippen LogP contribution in [-0.4, -0.2) is 42.5 Å². The second kappa shape index (κ2) is 3.53. The molecule has 68 valence electrons. The highest BCUT2D eigenvalue weighted by Crippen LogP contribution is 2.05. The molecule has 1 fully saturated rings. The minimum Gasteiger partial charge on any atom is -0.459 e. The lowest BCUT2D eigenvalue weighted by atomic mass is 10.1. The Morgan fingerprint density at radius 2 is 2.17 bits per heavy atom. The Kier molecular flexibility index (Phi) is 2.65. The summed E-state index contributed by atoms with van der Waals surface area (Å²) in [6, 6.07) is 0.0170. The number of ether oxygens (including phenoxy) is 1. The molecule has 2 N–H and O–H groups in total. The molecular weight excluding hydrogens is 160 g/mol. The predicted octanol–water partition coefficient (Wildman–Crippen LogP) is -1.28. The van der Waals surface area contributed by atoms with Crippen LogP contribution < -0.4 is 5.73 Å². The minimum absolute atomic E-state index is 0.0170. The summed E-state index contributed by atoms with van der Waals surface area (Å²) in [5.41, 5.74) is 5.43. The Bertz CT molecular complexity index is 199. The fraction of sp³-hybridized carbons (Fsp3) is 0.714. The van der Waals surface area contributed by atoms with E-state index in [4.69, 9.17) is 5.73 Å². The van der Waals surface area contributed by atoms with Crippen molar-refractivity contribution in [2.24, 2.45) is 5.73 Å². The first-order valence-electron chi connectivity index (χ1n) is 3.86. The zero-order valence-electron chi connectivity index (χ0n) is 6.95. The first kappa shape index (κ1) is 8.99. The molecule has 12 heavy (non-hydrogen) atoms. The Hall–Kier alpha value is -1.10. The molecular formula is C7H12N2O3. The number of nitrogens with zero attached hydrogens (tertiary/aromatic N) is 1. The lowest BCUT2D eigenvalue weighted by Crippen LogP contribution is -2.59. The second-order valence-electron chi connectivity index (χ2n) is 2.69. The monoisotopic (exact) mass is 172 g/mol. The van der Waals surface area contributed by atoms with Gasteiger partial charge in [-0.3, -0.25) is 4.79 Å². The Labute approximate surface area is 70.5 Å². The third-order valence-corrected chi connectivity index (χ3v) is 1.65. The van der Waals surface area contributed by atoms with Crippen molar-refractivity contribution >= 4 is 11.9 Å². The number of rotatable bonds is 1. The zero-order valence-corrected chi connectivity index (χ0v) is 6.95. The lowest BCUT2D eigenvalue weighted by Gasteiger charge is -2.35. The van der Waals surface area contributed by atoms with Gasteiger partial charge in [0.05, 0.1) is 6.61 Å². The molecule has 1 heterocycles. The molecule has 1 aliphatic heterocycles. The number of hydrogen-bond acceptors (Lipinski definition) is 4. The summed E-state index contributed by atoms with van der Waals surface area (Å²) in [5, 5.41) is 0. The van der Waals surface area contributed by atoms with Gasteiger partial charge in [-0.15, -0.1) is 0 Å². The first-order valence-corrected chi connectivity index (χ1v) is 3.86. The van der Waals surface area contributed by atoms with E-state index in [1.807, 2.05) is 0 Å². The molecule has 1 rings (SSSR count). The molecule has 5 heteroatoms. The molecule has 1 aliphatic rings. The minimum atomic E-state index is -0.788. The highest BCUT2D eigenvalue weighted by molar-refractivity contribution is 6.32. The van der Waals surface area contributed by atoms with Crippen LogP contribution in [0.3, 0.4) is 0 Å². The molecule has 5 nitrogen and oxygen atoms in total. The van der Waals surface area contributed by atoms with Gasteiger partial charge in [0.1, 0.15) is 0 Å². The van der Waals surface area contributed by atoms with Gasteiger partial charge < -0.3 is 15.4 Å². The first-order chi connectivity index (χ1) is 5.65. The summed E-state index contributed by atoms with van der Waals surface area (Å²) >= 11 is 0. The van der Waals surface area contributed by atoms with E-state index in [0.29, 0.717) is 13.1 Å². The van der Waals surface area contributed by atoms with E-state index in [2.05, 4.69) is 4.74 Å². The van der Waals surface area contributed by atoms with Crippen molar-refractivity contribution in [2.45, 2.75) is 13.0 Å². The van der Waals surface area contributed by atoms with Crippen molar-refractivity contribution in [1.82, 2.24) is 4.90 Å². The number of amides is 1. The van der Waals surface area contributed by atoms with E-state index >= 15 is 0 Å². The van der Waals surface area contributed by atoms with Gasteiger partial charge in [-0.1, -0.05) is 0 Å². The number of carbonyl (C=O) groups excluding carboxylic acids is 2. The van der Waals surface area contributed by atoms with Crippen LogP contribution in [0.2, 0.25) is 0 Å². The standard InChI is InChI=1S/C7H12N2O3/c1-2-12-7(11)6(10)9-3-5(8)4-9/h5H,2-4,8H2,1H3. The van der Waals surface area contributed by atoms with E-state index in [0.717, 1.165) is 0 Å². The molecule has 0 aromatic heterocycles. The third-order valence-electron chi connectivity index (χ3n) is 1.65. The van der Waals surface area contributed by atoms with Gasteiger partial charge >= 0.3 is 11.9 Å². The highest BCUT2D eigenvalue weighted by atomic mass is 16.5. The summed E-state index contributed by atoms with van der Waals surface area (Å²) in [7, 11) is 0. The van der Waals surface area contributed by atoms with Gasteiger partial charge in [0.15, 0.2) is 0 Å². The molecule has 0 saturated carbocycles. The maximum atomic E-state index is 11.1. The maximum absolute atomic E-state index is 11.1. The number of likely N-dealkylation sites (tertiary alicyclic amines) is 1. The van der Waals surface area contributed by atoms with Crippen LogP contribution in [0.5, 0.6) is 0 Å². The van der Waals surface area contributed by atoms with E-state index in [-0.39, 0.29) is 12.6 Å². The third kappa shape index (κ3) is 1.73. The van der Waals surface area contributed by atoms with Crippen LogP contribution in [0.15, 0.2) is 0 Å². The largest absolute Gasteiger partial charge is 0.459 e. The summed E-state index contributed by atoms with van der Waals surface area (Å²) in [6.07, 6.45) is 0. The number of nitrogens with two attached hydrogens (primary N) is 1. The zero-order chi connectivity index (χ0) is 9.14. The van der Waals surface area contributed by atoms with E-state index in [1.54, 1.807) is 6.92 Å². The maximum Gasteiger partial charge on any atom is 0.397 e. The van der Waals surface area contributed by atoms with Crippen LogP contribution in [0.25, 0.3) is 0 Å². The molecule has 0 aromatic carbocycles. The van der Waals surface area contributed by atoms with Crippen molar-refractivity contribution < 1.29 is 14.3 Å².